The minimum Gasteiger partial charge on any atom is -0.497 e. The summed E-state index contributed by atoms with van der Waals surface area (Å²) in [4.78, 5) is 16.7. The number of amides is 1. The molecule has 1 N–H and O–H groups in total. The van der Waals surface area contributed by atoms with Crippen molar-refractivity contribution in [3.8, 4) is 23.1 Å². The first-order chi connectivity index (χ1) is 14.7. The molecule has 0 saturated carbocycles. The molecule has 30 heavy (non-hydrogen) atoms. The molecule has 0 spiro atoms. The molecule has 8 heteroatoms. The molecule has 152 valence electrons. The van der Waals surface area contributed by atoms with Crippen molar-refractivity contribution in [2.45, 2.75) is 6.42 Å². The van der Waals surface area contributed by atoms with Gasteiger partial charge < -0.3 is 23.7 Å². The number of para-hydroxylation sites is 1. The molecule has 2 aromatic heterocycles. The molecular formula is C22H19N3O5. The van der Waals surface area contributed by atoms with Crippen molar-refractivity contribution >= 4 is 11.6 Å². The Kier molecular flexibility index (Phi) is 5.75. The summed E-state index contributed by atoms with van der Waals surface area (Å²) >= 11 is 0. The smallest absolute Gasteiger partial charge is 0.262 e. The Hall–Kier alpha value is -4.07. The van der Waals surface area contributed by atoms with E-state index in [2.05, 4.69) is 15.5 Å². The molecule has 1 amide bonds. The normalized spacial score (nSPS) is 10.6. The Morgan fingerprint density at radius 1 is 1.07 bits per heavy atom. The lowest BCUT2D eigenvalue weighted by atomic mass is 10.1. The van der Waals surface area contributed by atoms with Gasteiger partial charge in [-0.05, 0) is 35.9 Å². The van der Waals surface area contributed by atoms with Crippen LogP contribution in [0.2, 0.25) is 0 Å². The summed E-state index contributed by atoms with van der Waals surface area (Å²) in [5.41, 5.74) is 1.48. The molecule has 0 saturated heterocycles. The van der Waals surface area contributed by atoms with Gasteiger partial charge in [-0.1, -0.05) is 29.4 Å². The summed E-state index contributed by atoms with van der Waals surface area (Å²) < 4.78 is 21.3. The van der Waals surface area contributed by atoms with Crippen molar-refractivity contribution in [1.29, 1.82) is 0 Å². The number of ether oxygens (including phenoxy) is 2. The topological polar surface area (TPSA) is 99.6 Å². The van der Waals surface area contributed by atoms with E-state index in [1.807, 2.05) is 24.3 Å². The van der Waals surface area contributed by atoms with Crippen LogP contribution in [0.5, 0.6) is 11.5 Å². The van der Waals surface area contributed by atoms with Gasteiger partial charge in [0.2, 0.25) is 11.7 Å². The zero-order valence-corrected chi connectivity index (χ0v) is 16.2. The Balaban J connectivity index is 1.40. The van der Waals surface area contributed by atoms with Crippen LogP contribution < -0.4 is 14.8 Å². The Morgan fingerprint density at radius 3 is 2.77 bits per heavy atom. The zero-order chi connectivity index (χ0) is 20.8. The van der Waals surface area contributed by atoms with E-state index in [0.717, 1.165) is 5.56 Å². The van der Waals surface area contributed by atoms with Crippen LogP contribution in [-0.4, -0.2) is 29.8 Å². The van der Waals surface area contributed by atoms with Gasteiger partial charge in [-0.3, -0.25) is 4.79 Å². The van der Waals surface area contributed by atoms with E-state index in [-0.39, 0.29) is 12.5 Å². The summed E-state index contributed by atoms with van der Waals surface area (Å²) in [6, 6.07) is 18.0. The van der Waals surface area contributed by atoms with Crippen LogP contribution >= 0.6 is 0 Å². The predicted molar refractivity (Wildman–Crippen MR) is 108 cm³/mol. The maximum atomic E-state index is 12.4. The second-order valence-corrected chi connectivity index (χ2v) is 6.34. The molecule has 2 aromatic carbocycles. The first kappa shape index (κ1) is 19.3. The van der Waals surface area contributed by atoms with Crippen LogP contribution in [0.25, 0.3) is 11.6 Å². The molecule has 0 aliphatic heterocycles. The standard InChI is InChI=1S/C22H19N3O5/c1-27-16-7-4-8-17(13-16)29-14-20(26)23-18-9-3-2-6-15(18)12-21-24-22(25-30-21)19-10-5-11-28-19/h2-11,13H,12,14H2,1H3,(H,23,26). The minimum atomic E-state index is -0.285. The second kappa shape index (κ2) is 8.95. The van der Waals surface area contributed by atoms with E-state index in [9.17, 15) is 4.79 Å². The van der Waals surface area contributed by atoms with E-state index < -0.39 is 0 Å². The van der Waals surface area contributed by atoms with Gasteiger partial charge in [0.1, 0.15) is 11.5 Å². The van der Waals surface area contributed by atoms with Gasteiger partial charge in [-0.15, -0.1) is 0 Å². The van der Waals surface area contributed by atoms with Crippen LogP contribution in [0.3, 0.4) is 0 Å². The monoisotopic (exact) mass is 405 g/mol. The number of anilines is 1. The summed E-state index contributed by atoms with van der Waals surface area (Å²) in [5.74, 6) is 2.24. The highest BCUT2D eigenvalue weighted by molar-refractivity contribution is 5.92. The molecule has 4 aromatic rings. The first-order valence-electron chi connectivity index (χ1n) is 9.22. The highest BCUT2D eigenvalue weighted by atomic mass is 16.5. The lowest BCUT2D eigenvalue weighted by Gasteiger charge is -2.11. The van der Waals surface area contributed by atoms with Gasteiger partial charge in [-0.25, -0.2) is 0 Å². The lowest BCUT2D eigenvalue weighted by Crippen LogP contribution is -2.21. The molecule has 0 aliphatic rings. The van der Waals surface area contributed by atoms with Crippen molar-refractivity contribution in [2.24, 2.45) is 0 Å². The number of rotatable bonds is 8. The van der Waals surface area contributed by atoms with E-state index in [1.165, 1.54) is 0 Å². The van der Waals surface area contributed by atoms with Crippen LogP contribution in [-0.2, 0) is 11.2 Å². The van der Waals surface area contributed by atoms with E-state index >= 15 is 0 Å². The third-order valence-electron chi connectivity index (χ3n) is 4.25. The molecule has 0 aliphatic carbocycles. The second-order valence-electron chi connectivity index (χ2n) is 6.34. The molecule has 4 rings (SSSR count). The van der Waals surface area contributed by atoms with Crippen LogP contribution in [0.4, 0.5) is 5.69 Å². The maximum Gasteiger partial charge on any atom is 0.262 e. The number of methoxy groups -OCH3 is 1. The van der Waals surface area contributed by atoms with Gasteiger partial charge in [0.25, 0.3) is 5.91 Å². The van der Waals surface area contributed by atoms with E-state index in [4.69, 9.17) is 18.4 Å². The van der Waals surface area contributed by atoms with Gasteiger partial charge in [0.15, 0.2) is 12.4 Å². The molecular weight excluding hydrogens is 386 g/mol. The van der Waals surface area contributed by atoms with Gasteiger partial charge in [0.05, 0.1) is 19.8 Å². The number of hydrogen-bond acceptors (Lipinski definition) is 7. The van der Waals surface area contributed by atoms with Crippen LogP contribution in [0, 0.1) is 0 Å². The number of furan rings is 1. The minimum absolute atomic E-state index is 0.134. The number of carbonyl (C=O) groups excluding carboxylic acids is 1. The van der Waals surface area contributed by atoms with Crippen molar-refractivity contribution in [3.63, 3.8) is 0 Å². The Labute approximate surface area is 172 Å². The Morgan fingerprint density at radius 2 is 1.93 bits per heavy atom. The fourth-order valence-electron chi connectivity index (χ4n) is 2.82. The maximum absolute atomic E-state index is 12.4. The lowest BCUT2D eigenvalue weighted by molar-refractivity contribution is -0.118. The van der Waals surface area contributed by atoms with Crippen molar-refractivity contribution in [1.82, 2.24) is 10.1 Å². The number of hydrogen-bond donors (Lipinski definition) is 1. The summed E-state index contributed by atoms with van der Waals surface area (Å²) in [7, 11) is 1.57. The van der Waals surface area contributed by atoms with E-state index in [0.29, 0.717) is 41.1 Å². The van der Waals surface area contributed by atoms with Crippen molar-refractivity contribution in [3.05, 3.63) is 78.4 Å². The van der Waals surface area contributed by atoms with Gasteiger partial charge in [0, 0.05) is 11.8 Å². The number of aromatic nitrogens is 2. The average molecular weight is 405 g/mol. The largest absolute Gasteiger partial charge is 0.497 e. The highest BCUT2D eigenvalue weighted by Crippen LogP contribution is 2.22. The molecule has 0 fully saturated rings. The number of carbonyl (C=O) groups is 1. The van der Waals surface area contributed by atoms with E-state index in [1.54, 1.807) is 49.8 Å². The molecule has 0 bridgehead atoms. The van der Waals surface area contributed by atoms with Gasteiger partial charge in [-0.2, -0.15) is 4.98 Å². The van der Waals surface area contributed by atoms with Crippen molar-refractivity contribution in [2.75, 3.05) is 19.0 Å². The molecule has 8 nitrogen and oxygen atoms in total. The average Bonchev–Trinajstić information content (AvgIpc) is 3.46. The Bertz CT molecular complexity index is 1120. The SMILES string of the molecule is COc1cccc(OCC(=O)Nc2ccccc2Cc2nc(-c3ccco3)no2)c1. The number of benzene rings is 2. The third kappa shape index (κ3) is 4.67. The summed E-state index contributed by atoms with van der Waals surface area (Å²) in [6.45, 7) is -0.134. The van der Waals surface area contributed by atoms with Crippen molar-refractivity contribution < 1.29 is 23.2 Å². The summed E-state index contributed by atoms with van der Waals surface area (Å²) in [6.07, 6.45) is 1.91. The quantitative estimate of drug-likeness (QED) is 0.474. The number of nitrogens with zero attached hydrogens (tertiary/aromatic N) is 2. The summed E-state index contributed by atoms with van der Waals surface area (Å²) in [5, 5.41) is 6.79. The molecule has 0 radical (unpaired) electrons. The fraction of sp³-hybridized carbons (Fsp3) is 0.136. The fourth-order valence-corrected chi connectivity index (χ4v) is 2.82. The number of nitrogens with one attached hydrogen (secondary N) is 1. The predicted octanol–water partition coefficient (Wildman–Crippen LogP) is 3.95. The molecule has 0 atom stereocenters. The van der Waals surface area contributed by atoms with Gasteiger partial charge >= 0.3 is 0 Å². The highest BCUT2D eigenvalue weighted by Gasteiger charge is 2.14. The molecule has 0 unspecified atom stereocenters. The first-order valence-corrected chi connectivity index (χ1v) is 9.22. The molecule has 2 heterocycles. The third-order valence-corrected chi connectivity index (χ3v) is 4.25. The zero-order valence-electron chi connectivity index (χ0n) is 16.2. The van der Waals surface area contributed by atoms with Crippen LogP contribution in [0.1, 0.15) is 11.5 Å². The van der Waals surface area contributed by atoms with Crippen LogP contribution in [0.15, 0.2) is 75.9 Å².